The Hall–Kier alpha value is -1.22. The molecule has 0 aliphatic heterocycles. The second-order valence-corrected chi connectivity index (χ2v) is 3.02. The fraction of sp³-hybridized carbons (Fsp3) is 0.300. The molecule has 3 nitrogen and oxygen atoms in total. The van der Waals surface area contributed by atoms with E-state index in [4.69, 9.17) is 21.2 Å². The minimum atomic E-state index is 0.502. The van der Waals surface area contributed by atoms with Gasteiger partial charge in [0.2, 0.25) is 5.90 Å². The number of ether oxygens (including phenoxy) is 1. The maximum absolute atomic E-state index is 5.71. The highest BCUT2D eigenvalue weighted by molar-refractivity contribution is 6.30. The van der Waals surface area contributed by atoms with Gasteiger partial charge >= 0.3 is 0 Å². The number of benzene rings is 1. The summed E-state index contributed by atoms with van der Waals surface area (Å²) in [4.78, 5) is 5.08. The van der Waals surface area contributed by atoms with Gasteiger partial charge in [0.15, 0.2) is 5.75 Å². The largest absolute Gasteiger partial charge is 0.479 e. The van der Waals surface area contributed by atoms with Gasteiger partial charge in [-0.15, -0.1) is 0 Å². The molecule has 0 radical (unpaired) electrons. The van der Waals surface area contributed by atoms with Crippen LogP contribution in [0.3, 0.4) is 0 Å². The van der Waals surface area contributed by atoms with Gasteiger partial charge in [-0.2, -0.15) is 0 Å². The van der Waals surface area contributed by atoms with Crippen molar-refractivity contribution in [1.82, 2.24) is 0 Å². The van der Waals surface area contributed by atoms with Crippen molar-refractivity contribution in [2.24, 2.45) is 5.16 Å². The van der Waals surface area contributed by atoms with Crippen LogP contribution in [-0.2, 0) is 4.74 Å². The SMILES string of the molecule is CCO/C(C)=N/Oc1ccc(Cl)cc1. The average Bonchev–Trinajstić information content (AvgIpc) is 2.17. The van der Waals surface area contributed by atoms with Crippen molar-refractivity contribution < 1.29 is 9.57 Å². The lowest BCUT2D eigenvalue weighted by Gasteiger charge is -2.01. The van der Waals surface area contributed by atoms with Crippen LogP contribution in [0.1, 0.15) is 13.8 Å². The second kappa shape index (κ2) is 5.50. The van der Waals surface area contributed by atoms with E-state index in [9.17, 15) is 0 Å². The highest BCUT2D eigenvalue weighted by atomic mass is 35.5. The summed E-state index contributed by atoms with van der Waals surface area (Å²) in [6, 6.07) is 6.96. The molecule has 0 N–H and O–H groups in total. The maximum Gasteiger partial charge on any atom is 0.223 e. The van der Waals surface area contributed by atoms with Crippen LogP contribution >= 0.6 is 11.6 Å². The number of oxime groups is 1. The summed E-state index contributed by atoms with van der Waals surface area (Å²) in [6.45, 7) is 4.21. The van der Waals surface area contributed by atoms with Crippen LogP contribution < -0.4 is 4.84 Å². The maximum atomic E-state index is 5.71. The Balaban J connectivity index is 2.53. The lowest BCUT2D eigenvalue weighted by atomic mass is 10.3. The molecule has 0 heterocycles. The number of rotatable bonds is 3. The fourth-order valence-electron chi connectivity index (χ4n) is 0.848. The summed E-state index contributed by atoms with van der Waals surface area (Å²) in [5.41, 5.74) is 0. The molecule has 0 bridgehead atoms. The topological polar surface area (TPSA) is 30.8 Å². The van der Waals surface area contributed by atoms with E-state index in [1.54, 1.807) is 31.2 Å². The minimum Gasteiger partial charge on any atom is -0.479 e. The summed E-state index contributed by atoms with van der Waals surface area (Å²) in [7, 11) is 0. The van der Waals surface area contributed by atoms with E-state index in [-0.39, 0.29) is 0 Å². The molecule has 0 aromatic heterocycles. The van der Waals surface area contributed by atoms with Crippen molar-refractivity contribution in [3.05, 3.63) is 29.3 Å². The van der Waals surface area contributed by atoms with E-state index >= 15 is 0 Å². The lowest BCUT2D eigenvalue weighted by Crippen LogP contribution is -2.00. The predicted molar refractivity (Wildman–Crippen MR) is 56.8 cm³/mol. The molecule has 0 fully saturated rings. The molecule has 1 rings (SSSR count). The summed E-state index contributed by atoms with van der Waals surface area (Å²) in [5, 5.41) is 4.43. The molecule has 14 heavy (non-hydrogen) atoms. The monoisotopic (exact) mass is 213 g/mol. The molecule has 0 unspecified atom stereocenters. The van der Waals surface area contributed by atoms with Crippen LogP contribution in [0, 0.1) is 0 Å². The Bertz CT molecular complexity index is 308. The summed E-state index contributed by atoms with van der Waals surface area (Å²) < 4.78 is 5.09. The van der Waals surface area contributed by atoms with Gasteiger partial charge in [-0.05, 0) is 36.3 Å². The Morgan fingerprint density at radius 3 is 2.57 bits per heavy atom. The Kier molecular flexibility index (Phi) is 4.26. The predicted octanol–water partition coefficient (Wildman–Crippen LogP) is 3.09. The van der Waals surface area contributed by atoms with E-state index in [0.717, 1.165) is 0 Å². The van der Waals surface area contributed by atoms with Gasteiger partial charge in [-0.3, -0.25) is 0 Å². The van der Waals surface area contributed by atoms with Crippen molar-refractivity contribution in [3.8, 4) is 5.75 Å². The Morgan fingerprint density at radius 1 is 1.36 bits per heavy atom. The standard InChI is InChI=1S/C10H12ClNO2/c1-3-13-8(2)12-14-10-6-4-9(11)5-7-10/h4-7H,3H2,1-2H3/b12-8+. The van der Waals surface area contributed by atoms with E-state index < -0.39 is 0 Å². The van der Waals surface area contributed by atoms with Crippen molar-refractivity contribution >= 4 is 17.5 Å². The van der Waals surface area contributed by atoms with Crippen molar-refractivity contribution in [1.29, 1.82) is 0 Å². The number of nitrogens with zero attached hydrogens (tertiary/aromatic N) is 1. The smallest absolute Gasteiger partial charge is 0.223 e. The van der Waals surface area contributed by atoms with Gasteiger partial charge < -0.3 is 9.57 Å². The first kappa shape index (κ1) is 10.9. The van der Waals surface area contributed by atoms with Gasteiger partial charge in [-0.25, -0.2) is 0 Å². The quantitative estimate of drug-likeness (QED) is 0.439. The molecule has 0 atom stereocenters. The second-order valence-electron chi connectivity index (χ2n) is 2.59. The molecular weight excluding hydrogens is 202 g/mol. The Morgan fingerprint density at radius 2 is 2.00 bits per heavy atom. The number of hydrogen-bond acceptors (Lipinski definition) is 3. The molecule has 0 amide bonds. The molecule has 1 aromatic rings. The zero-order valence-electron chi connectivity index (χ0n) is 8.16. The first-order valence-corrected chi connectivity index (χ1v) is 4.70. The molecule has 0 saturated heterocycles. The first-order chi connectivity index (χ1) is 6.72. The van der Waals surface area contributed by atoms with E-state index in [1.165, 1.54) is 0 Å². The number of halogens is 1. The minimum absolute atomic E-state index is 0.502. The summed E-state index contributed by atoms with van der Waals surface area (Å²) in [6.07, 6.45) is 0. The molecule has 1 aromatic carbocycles. The van der Waals surface area contributed by atoms with Crippen molar-refractivity contribution in [3.63, 3.8) is 0 Å². The third-order valence-electron chi connectivity index (χ3n) is 1.45. The molecule has 0 aliphatic carbocycles. The van der Waals surface area contributed by atoms with Crippen molar-refractivity contribution in [2.45, 2.75) is 13.8 Å². The van der Waals surface area contributed by atoms with E-state index in [1.807, 2.05) is 6.92 Å². The third-order valence-corrected chi connectivity index (χ3v) is 1.70. The van der Waals surface area contributed by atoms with Crippen molar-refractivity contribution in [2.75, 3.05) is 6.61 Å². The summed E-state index contributed by atoms with van der Waals surface area (Å²) >= 11 is 5.71. The molecule has 0 aliphatic rings. The van der Waals surface area contributed by atoms with Crippen LogP contribution in [0.4, 0.5) is 0 Å². The normalized spacial score (nSPS) is 11.2. The molecule has 0 saturated carbocycles. The highest BCUT2D eigenvalue weighted by Gasteiger charge is 1.94. The van der Waals surface area contributed by atoms with Gasteiger partial charge in [0.25, 0.3) is 0 Å². The van der Waals surface area contributed by atoms with Crippen LogP contribution in [0.5, 0.6) is 5.75 Å². The van der Waals surface area contributed by atoms with E-state index in [0.29, 0.717) is 23.3 Å². The lowest BCUT2D eigenvalue weighted by molar-refractivity contribution is 0.276. The third kappa shape index (κ3) is 3.66. The van der Waals surface area contributed by atoms with Crippen LogP contribution in [0.2, 0.25) is 5.02 Å². The van der Waals surface area contributed by atoms with Crippen LogP contribution in [0.25, 0.3) is 0 Å². The van der Waals surface area contributed by atoms with Gasteiger partial charge in [0, 0.05) is 11.9 Å². The van der Waals surface area contributed by atoms with Gasteiger partial charge in [-0.1, -0.05) is 11.6 Å². The molecule has 0 spiro atoms. The number of hydrogen-bond donors (Lipinski definition) is 0. The molecular formula is C10H12ClNO2. The fourth-order valence-corrected chi connectivity index (χ4v) is 0.974. The zero-order chi connectivity index (χ0) is 10.4. The first-order valence-electron chi connectivity index (χ1n) is 4.32. The summed E-state index contributed by atoms with van der Waals surface area (Å²) in [5.74, 6) is 1.14. The zero-order valence-corrected chi connectivity index (χ0v) is 8.91. The van der Waals surface area contributed by atoms with Gasteiger partial charge in [0.1, 0.15) is 0 Å². The average molecular weight is 214 g/mol. The molecule has 4 heteroatoms. The van der Waals surface area contributed by atoms with Gasteiger partial charge in [0.05, 0.1) is 6.61 Å². The Labute approximate surface area is 88.3 Å². The highest BCUT2D eigenvalue weighted by Crippen LogP contribution is 2.15. The van der Waals surface area contributed by atoms with Crippen LogP contribution in [-0.4, -0.2) is 12.5 Å². The van der Waals surface area contributed by atoms with Crippen LogP contribution in [0.15, 0.2) is 29.4 Å². The molecule has 76 valence electrons. The van der Waals surface area contributed by atoms with E-state index in [2.05, 4.69) is 5.16 Å².